The van der Waals surface area contributed by atoms with Crippen LogP contribution in [0.5, 0.6) is 5.75 Å². The molecule has 1 unspecified atom stereocenters. The van der Waals surface area contributed by atoms with Gasteiger partial charge in [-0.25, -0.2) is 4.79 Å². The van der Waals surface area contributed by atoms with Gasteiger partial charge in [0.05, 0.1) is 16.5 Å². The van der Waals surface area contributed by atoms with Gasteiger partial charge in [-0.2, -0.15) is 0 Å². The Bertz CT molecular complexity index is 998. The first-order valence-electron chi connectivity index (χ1n) is 8.40. The van der Waals surface area contributed by atoms with Gasteiger partial charge in [-0.15, -0.1) is 0 Å². The maximum absolute atomic E-state index is 12.9. The molecule has 0 aromatic heterocycles. The summed E-state index contributed by atoms with van der Waals surface area (Å²) in [6, 6.07) is 9.45. The van der Waals surface area contributed by atoms with Gasteiger partial charge in [0.25, 0.3) is 5.91 Å². The molecule has 0 radical (unpaired) electrons. The standard InChI is InChI=1S/C19H18N4O5/c1-10-3-6-13(7-4-10)21-18(25)16-11(2)20-19(26)22-17(16)12-5-8-15(24)14(9-12)23(27)28/h3-9,17,24H,1-2H3,(H,21,25)(H2,20,22,26). The Morgan fingerprint density at radius 2 is 1.86 bits per heavy atom. The number of hydrogen-bond donors (Lipinski definition) is 4. The third-order valence-electron chi connectivity index (χ3n) is 4.35. The van der Waals surface area contributed by atoms with Crippen LogP contribution in [0.4, 0.5) is 16.2 Å². The number of anilines is 1. The van der Waals surface area contributed by atoms with E-state index in [1.54, 1.807) is 19.1 Å². The van der Waals surface area contributed by atoms with E-state index in [-0.39, 0.29) is 5.57 Å². The summed E-state index contributed by atoms with van der Waals surface area (Å²) in [7, 11) is 0. The summed E-state index contributed by atoms with van der Waals surface area (Å²) in [5.74, 6) is -0.963. The lowest BCUT2D eigenvalue weighted by Crippen LogP contribution is -2.46. The average molecular weight is 382 g/mol. The minimum atomic E-state index is -0.918. The molecule has 3 amide bonds. The summed E-state index contributed by atoms with van der Waals surface area (Å²) in [6.07, 6.45) is 0. The van der Waals surface area contributed by atoms with Crippen LogP contribution < -0.4 is 16.0 Å². The fraction of sp³-hybridized carbons (Fsp3) is 0.158. The van der Waals surface area contributed by atoms with Gasteiger partial charge in [0.2, 0.25) is 0 Å². The Kier molecular flexibility index (Phi) is 4.99. The molecule has 2 aromatic carbocycles. The van der Waals surface area contributed by atoms with Crippen LogP contribution in [-0.2, 0) is 4.79 Å². The Balaban J connectivity index is 1.99. The molecule has 4 N–H and O–H groups in total. The first-order chi connectivity index (χ1) is 13.3. The van der Waals surface area contributed by atoms with Crippen LogP contribution in [0.15, 0.2) is 53.7 Å². The van der Waals surface area contributed by atoms with Crippen molar-refractivity contribution in [1.82, 2.24) is 10.6 Å². The number of aryl methyl sites for hydroxylation is 1. The molecule has 0 saturated heterocycles. The van der Waals surface area contributed by atoms with Crippen LogP contribution in [0, 0.1) is 17.0 Å². The summed E-state index contributed by atoms with van der Waals surface area (Å²) in [5, 5.41) is 28.7. The van der Waals surface area contributed by atoms with Crippen molar-refractivity contribution in [3.05, 3.63) is 75.0 Å². The maximum atomic E-state index is 12.9. The number of carbonyl (C=O) groups excluding carboxylic acids is 2. The monoisotopic (exact) mass is 382 g/mol. The molecular weight excluding hydrogens is 364 g/mol. The number of carbonyl (C=O) groups is 2. The molecule has 0 aliphatic carbocycles. The van der Waals surface area contributed by atoms with Crippen LogP contribution in [0.25, 0.3) is 0 Å². The molecule has 28 heavy (non-hydrogen) atoms. The van der Waals surface area contributed by atoms with E-state index in [4.69, 9.17) is 0 Å². The van der Waals surface area contributed by atoms with Gasteiger partial charge in [0.1, 0.15) is 0 Å². The zero-order chi connectivity index (χ0) is 20.4. The molecule has 1 aliphatic heterocycles. The molecule has 2 aromatic rings. The molecule has 3 rings (SSSR count). The van der Waals surface area contributed by atoms with E-state index >= 15 is 0 Å². The first kappa shape index (κ1) is 18.9. The lowest BCUT2D eigenvalue weighted by Gasteiger charge is -2.28. The fourth-order valence-corrected chi connectivity index (χ4v) is 2.95. The zero-order valence-corrected chi connectivity index (χ0v) is 15.1. The molecule has 1 aliphatic rings. The Hall–Kier alpha value is -3.88. The highest BCUT2D eigenvalue weighted by Crippen LogP contribution is 2.33. The van der Waals surface area contributed by atoms with Gasteiger partial charge in [0.15, 0.2) is 5.75 Å². The Morgan fingerprint density at radius 1 is 1.18 bits per heavy atom. The van der Waals surface area contributed by atoms with Crippen molar-refractivity contribution in [3.8, 4) is 5.75 Å². The van der Waals surface area contributed by atoms with Gasteiger partial charge in [-0.1, -0.05) is 23.8 Å². The minimum absolute atomic E-state index is 0.208. The number of urea groups is 1. The predicted octanol–water partition coefficient (Wildman–Crippen LogP) is 2.88. The van der Waals surface area contributed by atoms with Crippen molar-refractivity contribution in [3.63, 3.8) is 0 Å². The van der Waals surface area contributed by atoms with Gasteiger partial charge < -0.3 is 21.1 Å². The number of nitro benzene ring substituents is 1. The quantitative estimate of drug-likeness (QED) is 0.476. The summed E-state index contributed by atoms with van der Waals surface area (Å²) >= 11 is 0. The molecule has 144 valence electrons. The Morgan fingerprint density at radius 3 is 2.50 bits per heavy atom. The molecule has 0 saturated carbocycles. The number of nitrogens with zero attached hydrogens (tertiary/aromatic N) is 1. The van der Waals surface area contributed by atoms with Crippen LogP contribution in [-0.4, -0.2) is 22.0 Å². The lowest BCUT2D eigenvalue weighted by atomic mass is 9.94. The van der Waals surface area contributed by atoms with E-state index in [0.717, 1.165) is 17.7 Å². The minimum Gasteiger partial charge on any atom is -0.502 e. The van der Waals surface area contributed by atoms with Gasteiger partial charge in [-0.3, -0.25) is 14.9 Å². The average Bonchev–Trinajstić information content (AvgIpc) is 2.63. The number of phenols is 1. The number of allylic oxidation sites excluding steroid dienone is 1. The highest BCUT2D eigenvalue weighted by Gasteiger charge is 2.32. The number of phenolic OH excluding ortho intramolecular Hbond substituents is 1. The number of nitrogens with one attached hydrogen (secondary N) is 3. The van der Waals surface area contributed by atoms with Crippen LogP contribution in [0.2, 0.25) is 0 Å². The second-order valence-electron chi connectivity index (χ2n) is 6.40. The molecule has 0 spiro atoms. The number of hydrogen-bond acceptors (Lipinski definition) is 5. The second-order valence-corrected chi connectivity index (χ2v) is 6.40. The number of rotatable bonds is 4. The second kappa shape index (κ2) is 7.39. The molecular formula is C19H18N4O5. The summed E-state index contributed by atoms with van der Waals surface area (Å²) in [5.41, 5.74) is 1.93. The molecule has 9 nitrogen and oxygen atoms in total. The number of aromatic hydroxyl groups is 1. The number of amides is 3. The number of nitro groups is 1. The first-order valence-corrected chi connectivity index (χ1v) is 8.40. The summed E-state index contributed by atoms with van der Waals surface area (Å²) in [6.45, 7) is 3.50. The highest BCUT2D eigenvalue weighted by atomic mass is 16.6. The van der Waals surface area contributed by atoms with Gasteiger partial charge in [0, 0.05) is 17.5 Å². The Labute approximate surface area is 160 Å². The summed E-state index contributed by atoms with van der Waals surface area (Å²) in [4.78, 5) is 35.2. The number of benzene rings is 2. The topological polar surface area (TPSA) is 134 Å². The van der Waals surface area contributed by atoms with Crippen molar-refractivity contribution in [1.29, 1.82) is 0 Å². The van der Waals surface area contributed by atoms with E-state index in [1.165, 1.54) is 6.07 Å². The summed E-state index contributed by atoms with van der Waals surface area (Å²) < 4.78 is 0. The SMILES string of the molecule is CC1=C(C(=O)Nc2ccc(C)cc2)C(c2ccc(O)c([N+](=O)[O-])c2)NC(=O)N1. The van der Waals surface area contributed by atoms with Gasteiger partial charge >= 0.3 is 11.7 Å². The van der Waals surface area contributed by atoms with Crippen LogP contribution in [0.1, 0.15) is 24.1 Å². The predicted molar refractivity (Wildman–Crippen MR) is 102 cm³/mol. The smallest absolute Gasteiger partial charge is 0.319 e. The molecule has 1 heterocycles. The van der Waals surface area contributed by atoms with E-state index in [2.05, 4.69) is 16.0 Å². The van der Waals surface area contributed by atoms with Crippen molar-refractivity contribution in [2.45, 2.75) is 19.9 Å². The van der Waals surface area contributed by atoms with E-state index in [1.807, 2.05) is 19.1 Å². The van der Waals surface area contributed by atoms with Crippen molar-refractivity contribution in [2.75, 3.05) is 5.32 Å². The maximum Gasteiger partial charge on any atom is 0.319 e. The fourth-order valence-electron chi connectivity index (χ4n) is 2.95. The highest BCUT2D eigenvalue weighted by molar-refractivity contribution is 6.06. The van der Waals surface area contributed by atoms with Crippen LogP contribution >= 0.6 is 0 Å². The zero-order valence-electron chi connectivity index (χ0n) is 15.1. The molecule has 9 heteroatoms. The third kappa shape index (κ3) is 3.78. The normalized spacial score (nSPS) is 16.2. The lowest BCUT2D eigenvalue weighted by molar-refractivity contribution is -0.385. The molecule has 1 atom stereocenters. The third-order valence-corrected chi connectivity index (χ3v) is 4.35. The molecule has 0 bridgehead atoms. The van der Waals surface area contributed by atoms with Crippen molar-refractivity contribution < 1.29 is 19.6 Å². The van der Waals surface area contributed by atoms with Crippen molar-refractivity contribution >= 4 is 23.3 Å². The van der Waals surface area contributed by atoms with Crippen molar-refractivity contribution in [2.24, 2.45) is 0 Å². The van der Waals surface area contributed by atoms with E-state index in [9.17, 15) is 24.8 Å². The van der Waals surface area contributed by atoms with E-state index in [0.29, 0.717) is 16.9 Å². The largest absolute Gasteiger partial charge is 0.502 e. The van der Waals surface area contributed by atoms with E-state index < -0.39 is 34.3 Å². The van der Waals surface area contributed by atoms with Gasteiger partial charge in [-0.05, 0) is 37.6 Å². The molecule has 0 fully saturated rings. The van der Waals surface area contributed by atoms with Crippen LogP contribution in [0.3, 0.4) is 0 Å².